The standard InChI is InChI=1S/C19H30N4O4/c1-19(2,3)27-18(26)23-13-8-20-16(23)14-4-9-21(10-5-14)15-6-11-22(12-7-15)17(24)25/h8,13-15H,4-7,9-12H2,1-3H3,(H,24,25). The Hall–Kier alpha value is -2.09. The number of likely N-dealkylation sites (tertiary alicyclic amines) is 2. The Morgan fingerprint density at radius 2 is 1.74 bits per heavy atom. The average Bonchev–Trinajstić information content (AvgIpc) is 3.10. The molecular formula is C19H30N4O4. The number of rotatable bonds is 2. The molecule has 0 spiro atoms. The highest BCUT2D eigenvalue weighted by Gasteiger charge is 2.32. The van der Waals surface area contributed by atoms with Gasteiger partial charge in [0.15, 0.2) is 0 Å². The zero-order chi connectivity index (χ0) is 19.6. The molecule has 3 heterocycles. The lowest BCUT2D eigenvalue weighted by Crippen LogP contribution is -2.48. The van der Waals surface area contributed by atoms with Gasteiger partial charge in [-0.2, -0.15) is 0 Å². The molecule has 2 aliphatic heterocycles. The van der Waals surface area contributed by atoms with Gasteiger partial charge in [-0.25, -0.2) is 19.1 Å². The highest BCUT2D eigenvalue weighted by molar-refractivity contribution is 5.71. The molecule has 150 valence electrons. The molecular weight excluding hydrogens is 348 g/mol. The minimum absolute atomic E-state index is 0.239. The van der Waals surface area contributed by atoms with Gasteiger partial charge in [0.05, 0.1) is 0 Å². The van der Waals surface area contributed by atoms with Crippen LogP contribution in [0.3, 0.4) is 0 Å². The van der Waals surface area contributed by atoms with Crippen LogP contribution in [0.5, 0.6) is 0 Å². The summed E-state index contributed by atoms with van der Waals surface area (Å²) in [6, 6.07) is 0.451. The normalized spacial score (nSPS) is 20.6. The zero-order valence-electron chi connectivity index (χ0n) is 16.4. The number of carbonyl (C=O) groups is 2. The summed E-state index contributed by atoms with van der Waals surface area (Å²) >= 11 is 0. The molecule has 8 nitrogen and oxygen atoms in total. The van der Waals surface area contributed by atoms with Crippen molar-refractivity contribution in [3.05, 3.63) is 18.2 Å². The number of carbonyl (C=O) groups excluding carboxylic acids is 1. The minimum atomic E-state index is -0.818. The first-order valence-corrected chi connectivity index (χ1v) is 9.73. The van der Waals surface area contributed by atoms with Crippen LogP contribution in [-0.4, -0.2) is 74.5 Å². The Morgan fingerprint density at radius 1 is 1.11 bits per heavy atom. The SMILES string of the molecule is CC(C)(C)OC(=O)n1ccnc1C1CCN(C2CCN(C(=O)O)CC2)CC1. The van der Waals surface area contributed by atoms with Crippen molar-refractivity contribution in [2.45, 2.75) is 64.0 Å². The smallest absolute Gasteiger partial charge is 0.419 e. The number of nitrogens with zero attached hydrogens (tertiary/aromatic N) is 4. The Kier molecular flexibility index (Phi) is 5.74. The largest absolute Gasteiger partial charge is 0.465 e. The van der Waals surface area contributed by atoms with Gasteiger partial charge in [-0.1, -0.05) is 0 Å². The Bertz CT molecular complexity index is 665. The second-order valence-corrected chi connectivity index (χ2v) is 8.45. The third kappa shape index (κ3) is 4.80. The highest BCUT2D eigenvalue weighted by Crippen LogP contribution is 2.30. The van der Waals surface area contributed by atoms with Gasteiger partial charge in [-0.15, -0.1) is 0 Å². The molecule has 3 rings (SSSR count). The van der Waals surface area contributed by atoms with Gasteiger partial charge in [0.1, 0.15) is 11.4 Å². The molecule has 0 aromatic carbocycles. The summed E-state index contributed by atoms with van der Waals surface area (Å²) in [6.45, 7) is 8.69. The second kappa shape index (κ2) is 7.88. The van der Waals surface area contributed by atoms with Crippen molar-refractivity contribution in [1.29, 1.82) is 0 Å². The molecule has 1 aromatic rings. The first kappa shape index (κ1) is 19.7. The molecule has 1 N–H and O–H groups in total. The summed E-state index contributed by atoms with van der Waals surface area (Å²) in [4.78, 5) is 31.9. The van der Waals surface area contributed by atoms with E-state index in [1.807, 2.05) is 20.8 Å². The first-order chi connectivity index (χ1) is 12.7. The number of ether oxygens (including phenoxy) is 1. The fraction of sp³-hybridized carbons (Fsp3) is 0.737. The van der Waals surface area contributed by atoms with Crippen molar-refractivity contribution in [2.24, 2.45) is 0 Å². The molecule has 2 aliphatic rings. The van der Waals surface area contributed by atoms with E-state index in [-0.39, 0.29) is 12.0 Å². The molecule has 0 aliphatic carbocycles. The topological polar surface area (TPSA) is 87.9 Å². The van der Waals surface area contributed by atoms with Crippen molar-refractivity contribution in [3.63, 3.8) is 0 Å². The van der Waals surface area contributed by atoms with Crippen LogP contribution in [0.1, 0.15) is 58.2 Å². The van der Waals surface area contributed by atoms with E-state index in [1.54, 1.807) is 12.4 Å². The number of aromatic nitrogens is 2. The third-order valence-corrected chi connectivity index (χ3v) is 5.41. The Morgan fingerprint density at radius 3 is 2.30 bits per heavy atom. The number of imidazole rings is 1. The average molecular weight is 378 g/mol. The maximum absolute atomic E-state index is 12.4. The Labute approximate surface area is 160 Å². The molecule has 0 atom stereocenters. The molecule has 0 unspecified atom stereocenters. The lowest BCUT2D eigenvalue weighted by Gasteiger charge is -2.41. The quantitative estimate of drug-likeness (QED) is 0.851. The van der Waals surface area contributed by atoms with E-state index < -0.39 is 11.7 Å². The summed E-state index contributed by atoms with van der Waals surface area (Å²) in [7, 11) is 0. The van der Waals surface area contributed by atoms with Gasteiger partial charge in [0.2, 0.25) is 0 Å². The van der Waals surface area contributed by atoms with Gasteiger partial charge in [-0.05, 0) is 59.5 Å². The summed E-state index contributed by atoms with van der Waals surface area (Å²) in [5.41, 5.74) is -0.535. The van der Waals surface area contributed by atoms with Crippen LogP contribution in [-0.2, 0) is 4.74 Å². The summed E-state index contributed by atoms with van der Waals surface area (Å²) in [5, 5.41) is 9.08. The first-order valence-electron chi connectivity index (χ1n) is 9.73. The van der Waals surface area contributed by atoms with E-state index in [0.29, 0.717) is 19.1 Å². The van der Waals surface area contributed by atoms with Crippen LogP contribution in [0.15, 0.2) is 12.4 Å². The van der Waals surface area contributed by atoms with E-state index >= 15 is 0 Å². The third-order valence-electron chi connectivity index (χ3n) is 5.41. The fourth-order valence-corrected chi connectivity index (χ4v) is 4.03. The molecule has 0 bridgehead atoms. The van der Waals surface area contributed by atoms with Gasteiger partial charge >= 0.3 is 12.2 Å². The van der Waals surface area contributed by atoms with Crippen LogP contribution >= 0.6 is 0 Å². The maximum Gasteiger partial charge on any atom is 0.419 e. The number of hydrogen-bond acceptors (Lipinski definition) is 5. The fourth-order valence-electron chi connectivity index (χ4n) is 4.03. The van der Waals surface area contributed by atoms with Crippen molar-refractivity contribution < 1.29 is 19.4 Å². The molecule has 1 aromatic heterocycles. The number of amides is 1. The van der Waals surface area contributed by atoms with Crippen molar-refractivity contribution in [2.75, 3.05) is 26.2 Å². The van der Waals surface area contributed by atoms with Gasteiger partial charge in [0, 0.05) is 37.4 Å². The molecule has 0 saturated carbocycles. The van der Waals surface area contributed by atoms with E-state index in [4.69, 9.17) is 9.84 Å². The lowest BCUT2D eigenvalue weighted by molar-refractivity contribution is 0.0520. The predicted octanol–water partition coefficient (Wildman–Crippen LogP) is 2.99. The molecule has 2 saturated heterocycles. The lowest BCUT2D eigenvalue weighted by atomic mass is 9.93. The second-order valence-electron chi connectivity index (χ2n) is 8.45. The van der Waals surface area contributed by atoms with Crippen molar-refractivity contribution >= 4 is 12.2 Å². The van der Waals surface area contributed by atoms with Crippen LogP contribution in [0.4, 0.5) is 9.59 Å². The molecule has 0 radical (unpaired) electrons. The number of hydrogen-bond donors (Lipinski definition) is 1. The van der Waals surface area contributed by atoms with Crippen molar-refractivity contribution in [1.82, 2.24) is 19.4 Å². The zero-order valence-corrected chi connectivity index (χ0v) is 16.4. The summed E-state index contributed by atoms with van der Waals surface area (Å²) in [6.07, 6.45) is 5.81. The molecule has 8 heteroatoms. The van der Waals surface area contributed by atoms with Crippen molar-refractivity contribution in [3.8, 4) is 0 Å². The van der Waals surface area contributed by atoms with Gasteiger partial charge in [0.25, 0.3) is 0 Å². The van der Waals surface area contributed by atoms with E-state index in [2.05, 4.69) is 9.88 Å². The van der Waals surface area contributed by atoms with Crippen LogP contribution in [0, 0.1) is 0 Å². The maximum atomic E-state index is 12.4. The van der Waals surface area contributed by atoms with E-state index in [1.165, 1.54) is 9.47 Å². The van der Waals surface area contributed by atoms with E-state index in [9.17, 15) is 9.59 Å². The predicted molar refractivity (Wildman–Crippen MR) is 100 cm³/mol. The van der Waals surface area contributed by atoms with E-state index in [0.717, 1.165) is 44.6 Å². The molecule has 2 fully saturated rings. The highest BCUT2D eigenvalue weighted by atomic mass is 16.6. The van der Waals surface area contributed by atoms with Gasteiger partial charge < -0.3 is 19.6 Å². The van der Waals surface area contributed by atoms with Gasteiger partial charge in [-0.3, -0.25) is 0 Å². The summed E-state index contributed by atoms with van der Waals surface area (Å²) in [5.74, 6) is 1.02. The van der Waals surface area contributed by atoms with Crippen LogP contribution in [0.2, 0.25) is 0 Å². The molecule has 1 amide bonds. The van der Waals surface area contributed by atoms with Crippen LogP contribution in [0.25, 0.3) is 0 Å². The monoisotopic (exact) mass is 378 g/mol. The number of piperidine rings is 2. The minimum Gasteiger partial charge on any atom is -0.465 e. The molecule has 27 heavy (non-hydrogen) atoms. The Balaban J connectivity index is 1.55. The van der Waals surface area contributed by atoms with Crippen LogP contribution < -0.4 is 0 Å². The summed E-state index contributed by atoms with van der Waals surface area (Å²) < 4.78 is 7.02. The number of carboxylic acid groups (broad SMARTS) is 1.